The van der Waals surface area contributed by atoms with E-state index in [-0.39, 0.29) is 11.9 Å². The molecule has 1 saturated heterocycles. The first-order chi connectivity index (χ1) is 10.6. The lowest BCUT2D eigenvalue weighted by molar-refractivity contribution is -0.121. The molecule has 2 rings (SSSR count). The fourth-order valence-electron chi connectivity index (χ4n) is 2.98. The summed E-state index contributed by atoms with van der Waals surface area (Å²) in [5.41, 5.74) is 8.20. The van der Waals surface area contributed by atoms with Gasteiger partial charge in [-0.3, -0.25) is 9.69 Å². The summed E-state index contributed by atoms with van der Waals surface area (Å²) >= 11 is 0. The van der Waals surface area contributed by atoms with E-state index in [9.17, 15) is 4.79 Å². The topological polar surface area (TPSA) is 58.4 Å². The fourth-order valence-corrected chi connectivity index (χ4v) is 2.98. The van der Waals surface area contributed by atoms with Crippen LogP contribution >= 0.6 is 0 Å². The predicted octanol–water partition coefficient (Wildman–Crippen LogP) is 2.42. The zero-order valence-corrected chi connectivity index (χ0v) is 13.7. The number of carbonyl (C=O) groups is 1. The number of hydrogen-bond acceptors (Lipinski definition) is 3. The zero-order valence-electron chi connectivity index (χ0n) is 13.7. The van der Waals surface area contributed by atoms with Crippen molar-refractivity contribution in [2.75, 3.05) is 13.1 Å². The minimum Gasteiger partial charge on any atom is -0.352 e. The van der Waals surface area contributed by atoms with E-state index < -0.39 is 0 Å². The summed E-state index contributed by atoms with van der Waals surface area (Å²) in [6.45, 7) is 5.80. The first kappa shape index (κ1) is 17.0. The summed E-state index contributed by atoms with van der Waals surface area (Å²) in [4.78, 5) is 14.3. The van der Waals surface area contributed by atoms with Gasteiger partial charge in [0.05, 0.1) is 0 Å². The Bertz CT molecular complexity index is 465. The molecule has 0 bridgehead atoms. The summed E-state index contributed by atoms with van der Waals surface area (Å²) in [7, 11) is 0. The second-order valence-electron chi connectivity index (χ2n) is 6.42. The van der Waals surface area contributed by atoms with Crippen LogP contribution in [0.4, 0.5) is 0 Å². The van der Waals surface area contributed by atoms with E-state index in [2.05, 4.69) is 28.4 Å². The maximum absolute atomic E-state index is 11.8. The summed E-state index contributed by atoms with van der Waals surface area (Å²) in [6, 6.07) is 8.32. The van der Waals surface area contributed by atoms with E-state index in [0.717, 1.165) is 6.54 Å². The SMILES string of the molecule is CC(N)CC(=O)NCc1ccccc1CN1CCCCCC1. The standard InChI is InChI=1S/C18H29N3O/c1-15(19)12-18(22)20-13-16-8-4-5-9-17(16)14-21-10-6-2-3-7-11-21/h4-5,8-9,15H,2-3,6-7,10-14,19H2,1H3,(H,20,22). The lowest BCUT2D eigenvalue weighted by atomic mass is 10.1. The second kappa shape index (κ2) is 8.91. The minimum absolute atomic E-state index is 0.0274. The molecular weight excluding hydrogens is 274 g/mol. The van der Waals surface area contributed by atoms with Crippen molar-refractivity contribution in [2.24, 2.45) is 5.73 Å². The van der Waals surface area contributed by atoms with Gasteiger partial charge in [0.1, 0.15) is 0 Å². The number of nitrogens with one attached hydrogen (secondary N) is 1. The van der Waals surface area contributed by atoms with Crippen molar-refractivity contribution in [3.8, 4) is 0 Å². The Hall–Kier alpha value is -1.39. The normalized spacial score (nSPS) is 17.7. The molecule has 0 saturated carbocycles. The predicted molar refractivity (Wildman–Crippen MR) is 90.3 cm³/mol. The third-order valence-electron chi connectivity index (χ3n) is 4.19. The molecule has 1 aromatic rings. The van der Waals surface area contributed by atoms with Crippen LogP contribution in [0.3, 0.4) is 0 Å². The van der Waals surface area contributed by atoms with Crippen LogP contribution < -0.4 is 11.1 Å². The number of carbonyl (C=O) groups excluding carboxylic acids is 1. The van der Waals surface area contributed by atoms with E-state index in [1.807, 2.05) is 13.0 Å². The molecule has 1 amide bonds. The van der Waals surface area contributed by atoms with Crippen molar-refractivity contribution in [3.63, 3.8) is 0 Å². The van der Waals surface area contributed by atoms with Gasteiger partial charge < -0.3 is 11.1 Å². The van der Waals surface area contributed by atoms with E-state index in [4.69, 9.17) is 5.73 Å². The maximum atomic E-state index is 11.8. The van der Waals surface area contributed by atoms with Crippen LogP contribution in [-0.4, -0.2) is 29.9 Å². The van der Waals surface area contributed by atoms with Crippen molar-refractivity contribution < 1.29 is 4.79 Å². The van der Waals surface area contributed by atoms with Crippen molar-refractivity contribution >= 4 is 5.91 Å². The van der Waals surface area contributed by atoms with Gasteiger partial charge in [-0.05, 0) is 44.0 Å². The average Bonchev–Trinajstić information content (AvgIpc) is 2.74. The maximum Gasteiger partial charge on any atom is 0.221 e. The smallest absolute Gasteiger partial charge is 0.221 e. The molecule has 122 valence electrons. The molecule has 1 aromatic carbocycles. The molecule has 1 heterocycles. The second-order valence-corrected chi connectivity index (χ2v) is 6.42. The van der Waals surface area contributed by atoms with Crippen LogP contribution in [0.5, 0.6) is 0 Å². The lowest BCUT2D eigenvalue weighted by Gasteiger charge is -2.21. The van der Waals surface area contributed by atoms with Gasteiger partial charge in [0.15, 0.2) is 0 Å². The zero-order chi connectivity index (χ0) is 15.8. The third kappa shape index (κ3) is 5.78. The summed E-state index contributed by atoms with van der Waals surface area (Å²) in [5, 5.41) is 2.98. The van der Waals surface area contributed by atoms with Crippen LogP contribution in [0.15, 0.2) is 24.3 Å². The number of hydrogen-bond donors (Lipinski definition) is 2. The van der Waals surface area contributed by atoms with Crippen molar-refractivity contribution in [1.29, 1.82) is 0 Å². The number of amides is 1. The van der Waals surface area contributed by atoms with Gasteiger partial charge in [0, 0.05) is 25.6 Å². The molecule has 0 radical (unpaired) electrons. The molecule has 4 heteroatoms. The molecule has 4 nitrogen and oxygen atoms in total. The van der Waals surface area contributed by atoms with Crippen molar-refractivity contribution in [1.82, 2.24) is 10.2 Å². The third-order valence-corrected chi connectivity index (χ3v) is 4.19. The molecule has 0 aromatic heterocycles. The van der Waals surface area contributed by atoms with Crippen molar-refractivity contribution in [3.05, 3.63) is 35.4 Å². The lowest BCUT2D eigenvalue weighted by Crippen LogP contribution is -2.30. The molecule has 0 aliphatic carbocycles. The van der Waals surface area contributed by atoms with Gasteiger partial charge in [-0.25, -0.2) is 0 Å². The summed E-state index contributed by atoms with van der Waals surface area (Å²) < 4.78 is 0. The van der Waals surface area contributed by atoms with Crippen LogP contribution in [-0.2, 0) is 17.9 Å². The van der Waals surface area contributed by atoms with Gasteiger partial charge in [-0.1, -0.05) is 37.1 Å². The van der Waals surface area contributed by atoms with Crippen LogP contribution in [0.1, 0.15) is 50.2 Å². The molecule has 0 spiro atoms. The highest BCUT2D eigenvalue weighted by atomic mass is 16.1. The van der Waals surface area contributed by atoms with E-state index in [1.54, 1.807) is 0 Å². The Morgan fingerprint density at radius 2 is 1.82 bits per heavy atom. The molecule has 3 N–H and O–H groups in total. The Balaban J connectivity index is 1.92. The summed E-state index contributed by atoms with van der Waals surface area (Å²) in [5.74, 6) is 0.0274. The van der Waals surface area contributed by atoms with Gasteiger partial charge in [0.2, 0.25) is 5.91 Å². The Kier molecular flexibility index (Phi) is 6.87. The van der Waals surface area contributed by atoms with E-state index in [0.29, 0.717) is 13.0 Å². The van der Waals surface area contributed by atoms with Crippen LogP contribution in [0, 0.1) is 0 Å². The Morgan fingerprint density at radius 1 is 1.18 bits per heavy atom. The fraction of sp³-hybridized carbons (Fsp3) is 0.611. The van der Waals surface area contributed by atoms with Crippen LogP contribution in [0.25, 0.3) is 0 Å². The molecule has 1 fully saturated rings. The molecular formula is C18H29N3O. The highest BCUT2D eigenvalue weighted by Gasteiger charge is 2.12. The quantitative estimate of drug-likeness (QED) is 0.848. The molecule has 1 aliphatic rings. The van der Waals surface area contributed by atoms with Gasteiger partial charge >= 0.3 is 0 Å². The van der Waals surface area contributed by atoms with Gasteiger partial charge in [-0.15, -0.1) is 0 Å². The van der Waals surface area contributed by atoms with E-state index >= 15 is 0 Å². The first-order valence-corrected chi connectivity index (χ1v) is 8.46. The molecule has 1 unspecified atom stereocenters. The number of benzene rings is 1. The molecule has 22 heavy (non-hydrogen) atoms. The van der Waals surface area contributed by atoms with Crippen molar-refractivity contribution in [2.45, 2.75) is 58.2 Å². The number of nitrogens with zero attached hydrogens (tertiary/aromatic N) is 1. The van der Waals surface area contributed by atoms with Crippen LogP contribution in [0.2, 0.25) is 0 Å². The molecule has 1 aliphatic heterocycles. The Morgan fingerprint density at radius 3 is 2.45 bits per heavy atom. The first-order valence-electron chi connectivity index (χ1n) is 8.46. The monoisotopic (exact) mass is 303 g/mol. The molecule has 1 atom stereocenters. The van der Waals surface area contributed by atoms with Gasteiger partial charge in [-0.2, -0.15) is 0 Å². The highest BCUT2D eigenvalue weighted by Crippen LogP contribution is 2.16. The largest absolute Gasteiger partial charge is 0.352 e. The average molecular weight is 303 g/mol. The minimum atomic E-state index is -0.0904. The van der Waals surface area contributed by atoms with Gasteiger partial charge in [0.25, 0.3) is 0 Å². The highest BCUT2D eigenvalue weighted by molar-refractivity contribution is 5.76. The number of nitrogens with two attached hydrogens (primary N) is 1. The Labute approximate surface area is 134 Å². The number of rotatable bonds is 6. The number of likely N-dealkylation sites (tertiary alicyclic amines) is 1. The van der Waals surface area contributed by atoms with E-state index in [1.165, 1.54) is 49.9 Å². The summed E-state index contributed by atoms with van der Waals surface area (Å²) in [6.07, 6.45) is 5.69.